The third-order valence-corrected chi connectivity index (χ3v) is 2.93. The van der Waals surface area contributed by atoms with Gasteiger partial charge in [-0.2, -0.15) is 0 Å². The van der Waals surface area contributed by atoms with Gasteiger partial charge < -0.3 is 20.1 Å². The van der Waals surface area contributed by atoms with Crippen molar-refractivity contribution in [3.8, 4) is 0 Å². The van der Waals surface area contributed by atoms with E-state index in [0.29, 0.717) is 0 Å². The second kappa shape index (κ2) is 7.58. The summed E-state index contributed by atoms with van der Waals surface area (Å²) in [7, 11) is 0. The zero-order valence-electron chi connectivity index (χ0n) is 12.0. The molecule has 0 aliphatic heterocycles. The average molecular weight is 310 g/mol. The molecule has 0 atom stereocenters. The van der Waals surface area contributed by atoms with E-state index in [0.717, 1.165) is 37.8 Å². The SMILES string of the molecule is O=C(COC(=O)/C=C/C(=O)OCC(=O)NC1CC1)NC1CC1. The fourth-order valence-corrected chi connectivity index (χ4v) is 1.50. The van der Waals surface area contributed by atoms with Crippen LogP contribution in [-0.4, -0.2) is 49.1 Å². The van der Waals surface area contributed by atoms with E-state index in [4.69, 9.17) is 0 Å². The van der Waals surface area contributed by atoms with Crippen molar-refractivity contribution in [2.24, 2.45) is 0 Å². The molecule has 2 fully saturated rings. The largest absolute Gasteiger partial charge is 0.452 e. The number of esters is 2. The van der Waals surface area contributed by atoms with Gasteiger partial charge in [-0.05, 0) is 25.7 Å². The summed E-state index contributed by atoms with van der Waals surface area (Å²) >= 11 is 0. The highest BCUT2D eigenvalue weighted by Gasteiger charge is 2.24. The van der Waals surface area contributed by atoms with Crippen LogP contribution >= 0.6 is 0 Å². The number of ether oxygens (including phenoxy) is 2. The van der Waals surface area contributed by atoms with Crippen molar-refractivity contribution in [2.75, 3.05) is 13.2 Å². The molecule has 0 spiro atoms. The zero-order valence-corrected chi connectivity index (χ0v) is 12.0. The van der Waals surface area contributed by atoms with Gasteiger partial charge in [0, 0.05) is 24.2 Å². The van der Waals surface area contributed by atoms with Gasteiger partial charge in [0.25, 0.3) is 11.8 Å². The van der Waals surface area contributed by atoms with E-state index in [2.05, 4.69) is 20.1 Å². The van der Waals surface area contributed by atoms with Crippen molar-refractivity contribution in [1.82, 2.24) is 10.6 Å². The Bertz CT molecular complexity index is 450. The van der Waals surface area contributed by atoms with Crippen LogP contribution in [0.1, 0.15) is 25.7 Å². The van der Waals surface area contributed by atoms with Gasteiger partial charge in [0.2, 0.25) is 0 Å². The quantitative estimate of drug-likeness (QED) is 0.448. The second-order valence-electron chi connectivity index (χ2n) is 5.23. The minimum atomic E-state index is -0.828. The molecular formula is C14H18N2O6. The molecule has 0 aromatic carbocycles. The Labute approximate surface area is 127 Å². The molecule has 0 unspecified atom stereocenters. The Hall–Kier alpha value is -2.38. The van der Waals surface area contributed by atoms with Crippen LogP contribution in [0.25, 0.3) is 0 Å². The van der Waals surface area contributed by atoms with E-state index in [1.54, 1.807) is 0 Å². The third kappa shape index (κ3) is 6.87. The second-order valence-corrected chi connectivity index (χ2v) is 5.23. The lowest BCUT2D eigenvalue weighted by molar-refractivity contribution is -0.145. The summed E-state index contributed by atoms with van der Waals surface area (Å²) in [5.41, 5.74) is 0. The maximum Gasteiger partial charge on any atom is 0.331 e. The number of amides is 2. The molecule has 0 aromatic rings. The van der Waals surface area contributed by atoms with E-state index in [1.165, 1.54) is 0 Å². The normalized spacial score (nSPS) is 16.9. The highest BCUT2D eigenvalue weighted by atomic mass is 16.5. The Morgan fingerprint density at radius 2 is 1.14 bits per heavy atom. The van der Waals surface area contributed by atoms with Gasteiger partial charge in [-0.15, -0.1) is 0 Å². The molecule has 2 saturated carbocycles. The fourth-order valence-electron chi connectivity index (χ4n) is 1.50. The van der Waals surface area contributed by atoms with Gasteiger partial charge >= 0.3 is 11.9 Å². The van der Waals surface area contributed by atoms with Crippen LogP contribution in [-0.2, 0) is 28.7 Å². The fraction of sp³-hybridized carbons (Fsp3) is 0.571. The van der Waals surface area contributed by atoms with Crippen molar-refractivity contribution in [3.63, 3.8) is 0 Å². The number of hydrogen-bond acceptors (Lipinski definition) is 6. The average Bonchev–Trinajstić information content (AvgIpc) is 3.37. The first-order valence-electron chi connectivity index (χ1n) is 7.13. The maximum atomic E-state index is 11.3. The van der Waals surface area contributed by atoms with E-state index in [-0.39, 0.29) is 23.9 Å². The highest BCUT2D eigenvalue weighted by Crippen LogP contribution is 2.18. The van der Waals surface area contributed by atoms with Crippen molar-refractivity contribution >= 4 is 23.8 Å². The molecular weight excluding hydrogens is 292 g/mol. The molecule has 2 rings (SSSR count). The molecule has 0 radical (unpaired) electrons. The van der Waals surface area contributed by atoms with E-state index < -0.39 is 25.2 Å². The molecule has 0 saturated heterocycles. The summed E-state index contributed by atoms with van der Waals surface area (Å²) in [6.45, 7) is -0.781. The first-order chi connectivity index (χ1) is 10.5. The number of carbonyl (C=O) groups excluding carboxylic acids is 4. The lowest BCUT2D eigenvalue weighted by Gasteiger charge is -2.03. The Kier molecular flexibility index (Phi) is 5.51. The van der Waals surface area contributed by atoms with Crippen LogP contribution in [0.15, 0.2) is 12.2 Å². The van der Waals surface area contributed by atoms with Crippen molar-refractivity contribution in [3.05, 3.63) is 12.2 Å². The van der Waals surface area contributed by atoms with Gasteiger partial charge in [0.05, 0.1) is 0 Å². The number of nitrogens with one attached hydrogen (secondary N) is 2. The van der Waals surface area contributed by atoms with Gasteiger partial charge in [0.1, 0.15) is 0 Å². The van der Waals surface area contributed by atoms with Gasteiger partial charge in [-0.1, -0.05) is 0 Å². The van der Waals surface area contributed by atoms with Crippen LogP contribution < -0.4 is 10.6 Å². The van der Waals surface area contributed by atoms with Crippen molar-refractivity contribution in [2.45, 2.75) is 37.8 Å². The van der Waals surface area contributed by atoms with Gasteiger partial charge in [0.15, 0.2) is 13.2 Å². The zero-order chi connectivity index (χ0) is 15.9. The molecule has 2 amide bonds. The number of carbonyl (C=O) groups is 4. The summed E-state index contributed by atoms with van der Waals surface area (Å²) < 4.78 is 9.29. The predicted octanol–water partition coefficient (Wildman–Crippen LogP) is -0.814. The summed E-state index contributed by atoms with van der Waals surface area (Å²) in [5.74, 6) is -2.40. The van der Waals surface area contributed by atoms with Gasteiger partial charge in [-0.3, -0.25) is 9.59 Å². The van der Waals surface area contributed by atoms with Crippen LogP contribution in [0.2, 0.25) is 0 Å². The molecule has 8 nitrogen and oxygen atoms in total. The lowest BCUT2D eigenvalue weighted by atomic mass is 10.5. The van der Waals surface area contributed by atoms with Crippen LogP contribution in [0, 0.1) is 0 Å². The monoisotopic (exact) mass is 310 g/mol. The number of rotatable bonds is 8. The van der Waals surface area contributed by atoms with E-state index in [1.807, 2.05) is 0 Å². The minimum Gasteiger partial charge on any atom is -0.452 e. The molecule has 22 heavy (non-hydrogen) atoms. The van der Waals surface area contributed by atoms with Crippen LogP contribution in [0.4, 0.5) is 0 Å². The summed E-state index contributed by atoms with van der Waals surface area (Å²) in [6.07, 6.45) is 5.48. The molecule has 2 aliphatic rings. The first kappa shape index (κ1) is 16.0. The van der Waals surface area contributed by atoms with Crippen LogP contribution in [0.5, 0.6) is 0 Å². The molecule has 8 heteroatoms. The Morgan fingerprint density at radius 3 is 1.45 bits per heavy atom. The minimum absolute atomic E-state index is 0.193. The predicted molar refractivity (Wildman–Crippen MR) is 73.4 cm³/mol. The summed E-state index contributed by atoms with van der Waals surface area (Å²) in [5, 5.41) is 5.30. The third-order valence-electron chi connectivity index (χ3n) is 2.93. The molecule has 120 valence electrons. The van der Waals surface area contributed by atoms with E-state index >= 15 is 0 Å². The Morgan fingerprint density at radius 1 is 0.773 bits per heavy atom. The maximum absolute atomic E-state index is 11.3. The molecule has 0 heterocycles. The molecule has 0 aromatic heterocycles. The number of hydrogen-bond donors (Lipinski definition) is 2. The molecule has 0 bridgehead atoms. The van der Waals surface area contributed by atoms with E-state index in [9.17, 15) is 19.2 Å². The smallest absolute Gasteiger partial charge is 0.331 e. The lowest BCUT2D eigenvalue weighted by Crippen LogP contribution is -2.30. The Balaban J connectivity index is 1.55. The van der Waals surface area contributed by atoms with Gasteiger partial charge in [-0.25, -0.2) is 9.59 Å². The summed E-state index contributed by atoms with van der Waals surface area (Å²) in [6, 6.07) is 0.386. The first-order valence-corrected chi connectivity index (χ1v) is 7.13. The van der Waals surface area contributed by atoms with Crippen molar-refractivity contribution < 1.29 is 28.7 Å². The molecule has 2 N–H and O–H groups in total. The topological polar surface area (TPSA) is 111 Å². The van der Waals surface area contributed by atoms with Crippen LogP contribution in [0.3, 0.4) is 0 Å². The standard InChI is InChI=1S/C14H18N2O6/c17-11(15-9-1-2-9)7-21-13(19)5-6-14(20)22-8-12(18)16-10-3-4-10/h5-6,9-10H,1-4,7-8H2,(H,15,17)(H,16,18)/b6-5+. The summed E-state index contributed by atoms with van der Waals surface area (Å²) in [4.78, 5) is 45.1. The van der Waals surface area contributed by atoms with Crippen molar-refractivity contribution in [1.29, 1.82) is 0 Å². The molecule has 2 aliphatic carbocycles. The highest BCUT2D eigenvalue weighted by molar-refractivity contribution is 5.93.